The van der Waals surface area contributed by atoms with Crippen molar-refractivity contribution < 1.29 is 4.74 Å². The first-order valence-electron chi connectivity index (χ1n) is 9.15. The van der Waals surface area contributed by atoms with Crippen LogP contribution in [0.1, 0.15) is 64.7 Å². The highest BCUT2D eigenvalue weighted by molar-refractivity contribution is 4.93. The van der Waals surface area contributed by atoms with Gasteiger partial charge in [-0.1, -0.05) is 26.2 Å². The van der Waals surface area contributed by atoms with E-state index in [4.69, 9.17) is 4.74 Å². The molecule has 0 bridgehead atoms. The minimum Gasteiger partial charge on any atom is -0.375 e. The van der Waals surface area contributed by atoms with E-state index in [0.29, 0.717) is 11.5 Å². The summed E-state index contributed by atoms with van der Waals surface area (Å²) in [5, 5.41) is 3.92. The topological polar surface area (TPSA) is 24.5 Å². The first kappa shape index (κ1) is 15.8. The van der Waals surface area contributed by atoms with E-state index in [1.807, 2.05) is 0 Å². The van der Waals surface area contributed by atoms with E-state index in [0.717, 1.165) is 6.61 Å². The van der Waals surface area contributed by atoms with Crippen LogP contribution in [-0.4, -0.2) is 49.8 Å². The third kappa shape index (κ3) is 4.00. The van der Waals surface area contributed by atoms with Crippen LogP contribution in [0.15, 0.2) is 0 Å². The Morgan fingerprint density at radius 3 is 2.52 bits per heavy atom. The number of rotatable bonds is 3. The van der Waals surface area contributed by atoms with Crippen molar-refractivity contribution in [3.05, 3.63) is 0 Å². The smallest absolute Gasteiger partial charge is 0.0697 e. The normalized spacial score (nSPS) is 33.1. The highest BCUT2D eigenvalue weighted by Gasteiger charge is 2.39. The molecule has 21 heavy (non-hydrogen) atoms. The summed E-state index contributed by atoms with van der Waals surface area (Å²) in [5.74, 6) is 0. The summed E-state index contributed by atoms with van der Waals surface area (Å²) in [6, 6.07) is 0.688. The molecule has 0 aromatic carbocycles. The van der Waals surface area contributed by atoms with Gasteiger partial charge in [0.25, 0.3) is 0 Å². The molecule has 1 aliphatic carbocycles. The Hall–Kier alpha value is -0.120. The lowest BCUT2D eigenvalue weighted by Gasteiger charge is -2.45. The Morgan fingerprint density at radius 2 is 1.81 bits per heavy atom. The van der Waals surface area contributed by atoms with E-state index in [1.54, 1.807) is 0 Å². The van der Waals surface area contributed by atoms with Gasteiger partial charge in [-0.25, -0.2) is 0 Å². The molecule has 2 heterocycles. The molecule has 122 valence electrons. The van der Waals surface area contributed by atoms with Crippen molar-refractivity contribution in [2.45, 2.75) is 76.4 Å². The molecule has 3 aliphatic rings. The highest BCUT2D eigenvalue weighted by Crippen LogP contribution is 2.39. The maximum atomic E-state index is 6.22. The number of piperidine rings is 1. The quantitative estimate of drug-likeness (QED) is 0.865. The van der Waals surface area contributed by atoms with Crippen molar-refractivity contribution in [3.8, 4) is 0 Å². The van der Waals surface area contributed by atoms with E-state index in [1.165, 1.54) is 77.4 Å². The Kier molecular flexibility index (Phi) is 4.92. The van der Waals surface area contributed by atoms with Crippen LogP contribution in [0.5, 0.6) is 0 Å². The van der Waals surface area contributed by atoms with Gasteiger partial charge in [0.2, 0.25) is 0 Å². The minimum atomic E-state index is 0.238. The molecule has 0 aromatic heterocycles. The third-order valence-electron chi connectivity index (χ3n) is 6.27. The van der Waals surface area contributed by atoms with E-state index in [-0.39, 0.29) is 5.60 Å². The van der Waals surface area contributed by atoms with Gasteiger partial charge in [-0.05, 0) is 64.1 Å². The summed E-state index contributed by atoms with van der Waals surface area (Å²) in [6.45, 7) is 7.16. The highest BCUT2D eigenvalue weighted by atomic mass is 16.5. The number of hydrogen-bond donors (Lipinski definition) is 1. The van der Waals surface area contributed by atoms with E-state index in [2.05, 4.69) is 24.2 Å². The number of likely N-dealkylation sites (tertiary alicyclic amines) is 1. The fourth-order valence-electron chi connectivity index (χ4n) is 4.47. The number of nitrogens with zero attached hydrogens (tertiary/aromatic N) is 1. The van der Waals surface area contributed by atoms with Gasteiger partial charge in [-0.15, -0.1) is 0 Å². The van der Waals surface area contributed by atoms with Crippen LogP contribution in [-0.2, 0) is 4.74 Å². The summed E-state index contributed by atoms with van der Waals surface area (Å²) < 4.78 is 6.22. The second-order valence-corrected chi connectivity index (χ2v) is 8.28. The second kappa shape index (κ2) is 6.55. The minimum absolute atomic E-state index is 0.238. The summed E-state index contributed by atoms with van der Waals surface area (Å²) in [7, 11) is 2.25. The third-order valence-corrected chi connectivity index (χ3v) is 6.27. The Bertz CT molecular complexity index is 325. The number of nitrogens with one attached hydrogen (secondary N) is 1. The average molecular weight is 294 g/mol. The van der Waals surface area contributed by atoms with Crippen LogP contribution >= 0.6 is 0 Å². The fraction of sp³-hybridized carbons (Fsp3) is 1.00. The zero-order chi connectivity index (χ0) is 14.8. The van der Waals surface area contributed by atoms with Crippen molar-refractivity contribution in [1.29, 1.82) is 0 Å². The molecule has 3 fully saturated rings. The zero-order valence-corrected chi connectivity index (χ0v) is 14.1. The van der Waals surface area contributed by atoms with E-state index in [9.17, 15) is 0 Å². The van der Waals surface area contributed by atoms with Gasteiger partial charge in [0, 0.05) is 19.2 Å². The molecule has 0 amide bonds. The Balaban J connectivity index is 1.48. The van der Waals surface area contributed by atoms with Crippen LogP contribution in [0.2, 0.25) is 0 Å². The van der Waals surface area contributed by atoms with Crippen LogP contribution in [0.3, 0.4) is 0 Å². The molecular formula is C18H34N2O. The molecule has 0 radical (unpaired) electrons. The molecule has 0 aromatic rings. The maximum absolute atomic E-state index is 6.22. The molecule has 2 saturated heterocycles. The van der Waals surface area contributed by atoms with Gasteiger partial charge >= 0.3 is 0 Å². The lowest BCUT2D eigenvalue weighted by atomic mass is 9.77. The standard InChI is InChI=1S/C18H34N2O/c1-17(9-11-20(2)12-10-17)15-19-16-6-13-21-18(14-16)7-4-3-5-8-18/h16,19H,3-15H2,1-2H3. The molecule has 1 saturated carbocycles. The SMILES string of the molecule is CN1CCC(C)(CNC2CCOC3(CCCCC3)C2)CC1. The molecule has 1 spiro atoms. The molecular weight excluding hydrogens is 260 g/mol. The van der Waals surface area contributed by atoms with Crippen molar-refractivity contribution in [2.24, 2.45) is 5.41 Å². The largest absolute Gasteiger partial charge is 0.375 e. The number of ether oxygens (including phenoxy) is 1. The van der Waals surface area contributed by atoms with E-state index < -0.39 is 0 Å². The van der Waals surface area contributed by atoms with Gasteiger partial charge in [-0.3, -0.25) is 0 Å². The van der Waals surface area contributed by atoms with Crippen LogP contribution < -0.4 is 5.32 Å². The van der Waals surface area contributed by atoms with Crippen molar-refractivity contribution in [1.82, 2.24) is 10.2 Å². The lowest BCUT2D eigenvalue weighted by molar-refractivity contribution is -0.110. The second-order valence-electron chi connectivity index (χ2n) is 8.28. The monoisotopic (exact) mass is 294 g/mol. The van der Waals surface area contributed by atoms with Crippen LogP contribution in [0, 0.1) is 5.41 Å². The maximum Gasteiger partial charge on any atom is 0.0697 e. The van der Waals surface area contributed by atoms with Crippen molar-refractivity contribution in [3.63, 3.8) is 0 Å². The Labute approximate surface area is 130 Å². The van der Waals surface area contributed by atoms with E-state index >= 15 is 0 Å². The van der Waals surface area contributed by atoms with Crippen LogP contribution in [0.4, 0.5) is 0 Å². The molecule has 3 nitrogen and oxygen atoms in total. The van der Waals surface area contributed by atoms with Gasteiger partial charge < -0.3 is 15.0 Å². The number of hydrogen-bond acceptors (Lipinski definition) is 3. The molecule has 3 rings (SSSR count). The summed E-state index contributed by atoms with van der Waals surface area (Å²) >= 11 is 0. The average Bonchev–Trinajstić information content (AvgIpc) is 2.50. The molecule has 3 heteroatoms. The first-order valence-corrected chi connectivity index (χ1v) is 9.15. The summed E-state index contributed by atoms with van der Waals surface area (Å²) in [6.07, 6.45) is 11.9. The van der Waals surface area contributed by atoms with Crippen molar-refractivity contribution in [2.75, 3.05) is 33.3 Å². The first-order chi connectivity index (χ1) is 10.1. The predicted octanol–water partition coefficient (Wildman–Crippen LogP) is 3.19. The molecule has 1 atom stereocenters. The fourth-order valence-corrected chi connectivity index (χ4v) is 4.47. The van der Waals surface area contributed by atoms with Crippen LogP contribution in [0.25, 0.3) is 0 Å². The molecule has 1 unspecified atom stereocenters. The summed E-state index contributed by atoms with van der Waals surface area (Å²) in [4.78, 5) is 2.47. The lowest BCUT2D eigenvalue weighted by Crippen LogP contribution is -2.51. The molecule has 1 N–H and O–H groups in total. The zero-order valence-electron chi connectivity index (χ0n) is 14.1. The van der Waals surface area contributed by atoms with Gasteiger partial charge in [0.05, 0.1) is 5.60 Å². The van der Waals surface area contributed by atoms with Gasteiger partial charge in [0.1, 0.15) is 0 Å². The van der Waals surface area contributed by atoms with Gasteiger partial charge in [-0.2, -0.15) is 0 Å². The van der Waals surface area contributed by atoms with Gasteiger partial charge in [0.15, 0.2) is 0 Å². The predicted molar refractivity (Wildman–Crippen MR) is 87.6 cm³/mol. The Morgan fingerprint density at radius 1 is 1.10 bits per heavy atom. The van der Waals surface area contributed by atoms with Crippen molar-refractivity contribution >= 4 is 0 Å². The molecule has 2 aliphatic heterocycles. The summed E-state index contributed by atoms with van der Waals surface area (Å²) in [5.41, 5.74) is 0.742.